The Hall–Kier alpha value is -2.97. The molecule has 0 aliphatic carbocycles. The quantitative estimate of drug-likeness (QED) is 0.345. The van der Waals surface area contributed by atoms with Crippen LogP contribution in [0.4, 0.5) is 5.82 Å². The van der Waals surface area contributed by atoms with Gasteiger partial charge in [-0.3, -0.25) is 9.59 Å². The van der Waals surface area contributed by atoms with Crippen molar-refractivity contribution in [3.63, 3.8) is 0 Å². The first-order valence-corrected chi connectivity index (χ1v) is 12.0. The van der Waals surface area contributed by atoms with E-state index in [2.05, 4.69) is 15.3 Å². The number of ether oxygens (including phenoxy) is 2. The molecule has 3 aromatic rings. The van der Waals surface area contributed by atoms with Crippen LogP contribution in [0.15, 0.2) is 52.4 Å². The van der Waals surface area contributed by atoms with Gasteiger partial charge in [-0.1, -0.05) is 48.5 Å². The van der Waals surface area contributed by atoms with Crippen LogP contribution in [0.2, 0.25) is 5.02 Å². The Kier molecular flexibility index (Phi) is 7.25. The maximum atomic E-state index is 13.1. The van der Waals surface area contributed by atoms with Crippen molar-refractivity contribution in [1.29, 1.82) is 0 Å². The van der Waals surface area contributed by atoms with Crippen molar-refractivity contribution >= 4 is 35.1 Å². The number of halogens is 1. The molecule has 172 valence electrons. The van der Waals surface area contributed by atoms with E-state index >= 15 is 0 Å². The Morgan fingerprint density at radius 3 is 2.79 bits per heavy atom. The molecule has 0 unspecified atom stereocenters. The highest BCUT2D eigenvalue weighted by atomic mass is 35.5. The van der Waals surface area contributed by atoms with Gasteiger partial charge in [0.15, 0.2) is 16.7 Å². The van der Waals surface area contributed by atoms with Crippen molar-refractivity contribution in [2.24, 2.45) is 0 Å². The number of aromatic nitrogens is 2. The summed E-state index contributed by atoms with van der Waals surface area (Å²) in [5.41, 5.74) is 1.96. The number of nitrogens with zero attached hydrogens (tertiary/aromatic N) is 1. The van der Waals surface area contributed by atoms with Gasteiger partial charge in [-0.2, -0.15) is 0 Å². The van der Waals surface area contributed by atoms with E-state index in [0.717, 1.165) is 17.5 Å². The summed E-state index contributed by atoms with van der Waals surface area (Å²) in [5.74, 6) is 1.43. The second-order valence-corrected chi connectivity index (χ2v) is 9.02. The molecule has 1 atom stereocenters. The van der Waals surface area contributed by atoms with Crippen molar-refractivity contribution in [3.05, 3.63) is 74.5 Å². The summed E-state index contributed by atoms with van der Waals surface area (Å²) in [5, 5.41) is 3.84. The van der Waals surface area contributed by atoms with Gasteiger partial charge in [0.25, 0.3) is 5.56 Å². The first kappa shape index (κ1) is 23.2. The van der Waals surface area contributed by atoms with Gasteiger partial charge in [0.05, 0.1) is 19.3 Å². The molecule has 2 heterocycles. The molecule has 1 amide bonds. The number of anilines is 1. The van der Waals surface area contributed by atoms with E-state index in [-0.39, 0.29) is 17.9 Å². The lowest BCUT2D eigenvalue weighted by Crippen LogP contribution is -2.31. The summed E-state index contributed by atoms with van der Waals surface area (Å²) >= 11 is 7.42. The molecule has 2 aromatic carbocycles. The first-order chi connectivity index (χ1) is 16.0. The van der Waals surface area contributed by atoms with Crippen LogP contribution in [-0.2, 0) is 10.5 Å². The molecule has 0 radical (unpaired) electrons. The normalized spacial score (nSPS) is 15.0. The largest absolute Gasteiger partial charge is 0.493 e. The number of benzene rings is 2. The minimum absolute atomic E-state index is 0.144. The van der Waals surface area contributed by atoms with Crippen LogP contribution in [0.1, 0.15) is 42.4 Å². The van der Waals surface area contributed by atoms with Crippen molar-refractivity contribution in [3.8, 4) is 11.5 Å². The molecular formula is C24H24ClN3O4S. The van der Waals surface area contributed by atoms with Crippen molar-refractivity contribution in [2.45, 2.75) is 36.6 Å². The van der Waals surface area contributed by atoms with Gasteiger partial charge < -0.3 is 19.8 Å². The first-order valence-electron chi connectivity index (χ1n) is 10.6. The second kappa shape index (κ2) is 10.3. The highest BCUT2D eigenvalue weighted by Gasteiger charge is 2.31. The van der Waals surface area contributed by atoms with Gasteiger partial charge >= 0.3 is 0 Å². The predicted molar refractivity (Wildman–Crippen MR) is 130 cm³/mol. The molecule has 1 aromatic heterocycles. The summed E-state index contributed by atoms with van der Waals surface area (Å²) in [4.78, 5) is 32.9. The summed E-state index contributed by atoms with van der Waals surface area (Å²) in [6.45, 7) is 2.60. The molecule has 0 spiro atoms. The number of carbonyl (C=O) groups excluding carboxylic acids is 1. The molecule has 0 saturated heterocycles. The SMILES string of the molecule is CCCOc1ccc([C@H]2CC(=O)Nc3nc(SCc4cccc(Cl)c4)[nH]c(=O)c32)cc1OC. The lowest BCUT2D eigenvalue weighted by atomic mass is 9.86. The van der Waals surface area contributed by atoms with Crippen LogP contribution in [-0.4, -0.2) is 29.6 Å². The zero-order valence-electron chi connectivity index (χ0n) is 18.3. The minimum Gasteiger partial charge on any atom is -0.493 e. The average Bonchev–Trinajstić information content (AvgIpc) is 2.80. The fourth-order valence-electron chi connectivity index (χ4n) is 3.71. The third-order valence-electron chi connectivity index (χ3n) is 5.25. The molecule has 2 N–H and O–H groups in total. The fourth-order valence-corrected chi connectivity index (χ4v) is 4.73. The lowest BCUT2D eigenvalue weighted by Gasteiger charge is -2.25. The molecule has 0 saturated carbocycles. The molecule has 4 rings (SSSR count). The zero-order valence-corrected chi connectivity index (χ0v) is 19.9. The Balaban J connectivity index is 1.63. The minimum atomic E-state index is -0.439. The number of amides is 1. The third kappa shape index (κ3) is 5.34. The standard InChI is InChI=1S/C24H24ClN3O4S/c1-3-9-32-18-8-7-15(11-19(18)31-2)17-12-20(29)26-22-21(17)23(30)28-24(27-22)33-13-14-5-4-6-16(25)10-14/h4-8,10-11,17H,3,9,12-13H2,1-2H3,(H2,26,27,28,29,30)/t17-/m1/s1. The lowest BCUT2D eigenvalue weighted by molar-refractivity contribution is -0.116. The Morgan fingerprint density at radius 2 is 2.03 bits per heavy atom. The maximum absolute atomic E-state index is 13.1. The predicted octanol–water partition coefficient (Wildman–Crippen LogP) is 4.99. The van der Waals surface area contributed by atoms with Crippen LogP contribution >= 0.6 is 23.4 Å². The number of rotatable bonds is 8. The van der Waals surface area contributed by atoms with Crippen LogP contribution in [0.25, 0.3) is 0 Å². The summed E-state index contributed by atoms with van der Waals surface area (Å²) < 4.78 is 11.2. The number of nitrogens with one attached hydrogen (secondary N) is 2. The smallest absolute Gasteiger partial charge is 0.257 e. The van der Waals surface area contributed by atoms with Crippen molar-refractivity contribution in [2.75, 3.05) is 19.0 Å². The topological polar surface area (TPSA) is 93.3 Å². The third-order valence-corrected chi connectivity index (χ3v) is 6.43. The molecule has 9 heteroatoms. The van der Waals surface area contributed by atoms with Crippen LogP contribution in [0, 0.1) is 0 Å². The molecular weight excluding hydrogens is 462 g/mol. The molecule has 0 fully saturated rings. The van der Waals surface area contributed by atoms with E-state index in [4.69, 9.17) is 21.1 Å². The molecule has 1 aliphatic rings. The number of aromatic amines is 1. The highest BCUT2D eigenvalue weighted by molar-refractivity contribution is 7.98. The fraction of sp³-hybridized carbons (Fsp3) is 0.292. The molecule has 7 nitrogen and oxygen atoms in total. The number of hydrogen-bond acceptors (Lipinski definition) is 6. The number of carbonyl (C=O) groups is 1. The second-order valence-electron chi connectivity index (χ2n) is 7.62. The van der Waals surface area contributed by atoms with Gasteiger partial charge in [-0.05, 0) is 41.8 Å². The monoisotopic (exact) mass is 485 g/mol. The van der Waals surface area contributed by atoms with E-state index in [1.807, 2.05) is 49.4 Å². The highest BCUT2D eigenvalue weighted by Crippen LogP contribution is 2.38. The van der Waals surface area contributed by atoms with Gasteiger partial charge in [-0.15, -0.1) is 0 Å². The Morgan fingerprint density at radius 1 is 1.18 bits per heavy atom. The van der Waals surface area contributed by atoms with E-state index in [9.17, 15) is 9.59 Å². The maximum Gasteiger partial charge on any atom is 0.257 e. The Bertz CT molecular complexity index is 1230. The van der Waals surface area contributed by atoms with Gasteiger partial charge in [-0.25, -0.2) is 4.98 Å². The van der Waals surface area contributed by atoms with Crippen LogP contribution < -0.4 is 20.3 Å². The van der Waals surface area contributed by atoms with Crippen LogP contribution in [0.5, 0.6) is 11.5 Å². The molecule has 1 aliphatic heterocycles. The van der Waals surface area contributed by atoms with E-state index in [1.165, 1.54) is 11.8 Å². The van der Waals surface area contributed by atoms with E-state index < -0.39 is 5.92 Å². The van der Waals surface area contributed by atoms with Gasteiger partial charge in [0.1, 0.15) is 5.82 Å². The zero-order chi connectivity index (χ0) is 23.4. The number of methoxy groups -OCH3 is 1. The summed E-state index contributed by atoms with van der Waals surface area (Å²) in [6.07, 6.45) is 1.02. The van der Waals surface area contributed by atoms with Gasteiger partial charge in [0.2, 0.25) is 5.91 Å². The van der Waals surface area contributed by atoms with E-state index in [0.29, 0.717) is 45.4 Å². The molecule has 0 bridgehead atoms. The van der Waals surface area contributed by atoms with E-state index in [1.54, 1.807) is 7.11 Å². The number of hydrogen-bond donors (Lipinski definition) is 2. The Labute approximate surface area is 200 Å². The number of thioether (sulfide) groups is 1. The summed E-state index contributed by atoms with van der Waals surface area (Å²) in [6, 6.07) is 13.0. The number of fused-ring (bicyclic) bond motifs is 1. The number of H-pyrrole nitrogens is 1. The molecule has 33 heavy (non-hydrogen) atoms. The van der Waals surface area contributed by atoms with Crippen LogP contribution in [0.3, 0.4) is 0 Å². The summed E-state index contributed by atoms with van der Waals surface area (Å²) in [7, 11) is 1.57. The average molecular weight is 486 g/mol. The van der Waals surface area contributed by atoms with Crippen molar-refractivity contribution in [1.82, 2.24) is 9.97 Å². The van der Waals surface area contributed by atoms with Crippen molar-refractivity contribution < 1.29 is 14.3 Å². The van der Waals surface area contributed by atoms with Gasteiger partial charge in [0, 0.05) is 23.1 Å².